The molecule has 2 heterocycles. The Hall–Kier alpha value is -2.93. The minimum atomic E-state index is -0.910. The smallest absolute Gasteiger partial charge is 0.423 e. The fourth-order valence-electron chi connectivity index (χ4n) is 5.23. The van der Waals surface area contributed by atoms with E-state index in [2.05, 4.69) is 4.74 Å². The number of rotatable bonds is 4. The van der Waals surface area contributed by atoms with E-state index < -0.39 is 29.7 Å². The van der Waals surface area contributed by atoms with Crippen LogP contribution >= 0.6 is 0 Å². The van der Waals surface area contributed by atoms with Gasteiger partial charge in [0, 0.05) is 5.92 Å². The molecule has 0 unspecified atom stereocenters. The summed E-state index contributed by atoms with van der Waals surface area (Å²) in [6.07, 6.45) is 3.06. The molecule has 2 saturated heterocycles. The van der Waals surface area contributed by atoms with E-state index in [9.17, 15) is 19.5 Å². The van der Waals surface area contributed by atoms with Crippen LogP contribution in [0.25, 0.3) is 6.08 Å². The third kappa shape index (κ3) is 3.78. The predicted molar refractivity (Wildman–Crippen MR) is 113 cm³/mol. The first-order chi connectivity index (χ1) is 14.8. The highest BCUT2D eigenvalue weighted by atomic mass is 16.5. The van der Waals surface area contributed by atoms with Crippen LogP contribution < -0.4 is 0 Å². The van der Waals surface area contributed by atoms with Crippen molar-refractivity contribution in [3.63, 3.8) is 0 Å². The van der Waals surface area contributed by atoms with Gasteiger partial charge in [-0.05, 0) is 56.4 Å². The van der Waals surface area contributed by atoms with Crippen LogP contribution in [0.1, 0.15) is 38.7 Å². The molecule has 0 radical (unpaired) electrons. The first-order valence-corrected chi connectivity index (χ1v) is 10.5. The first kappa shape index (κ1) is 21.3. The number of phenolic OH excluding ortho intramolecular Hbond substituents is 1. The van der Waals surface area contributed by atoms with E-state index in [-0.39, 0.29) is 17.8 Å². The maximum Gasteiger partial charge on any atom is 0.423 e. The molecule has 0 bridgehead atoms. The molecule has 2 aliphatic heterocycles. The highest BCUT2D eigenvalue weighted by Crippen LogP contribution is 2.49. The molecule has 0 aromatic heterocycles. The number of allylic oxidation sites excluding steroid dienone is 2. The predicted octanol–water partition coefficient (Wildman–Crippen LogP) is 3.68. The third-order valence-electron chi connectivity index (χ3n) is 6.59. The second-order valence-corrected chi connectivity index (χ2v) is 8.61. The summed E-state index contributed by atoms with van der Waals surface area (Å²) in [7, 11) is 1.17. The van der Waals surface area contributed by atoms with Crippen molar-refractivity contribution in [1.29, 1.82) is 0 Å². The largest absolute Gasteiger partial charge is 0.508 e. The van der Waals surface area contributed by atoms with Gasteiger partial charge < -0.3 is 14.6 Å². The number of carbonyl (C=O) groups excluding carboxylic acids is 3. The number of aromatic hydroxyl groups is 1. The molecular formula is C24H27NO6. The molecular weight excluding hydrogens is 398 g/mol. The average Bonchev–Trinajstić information content (AvgIpc) is 3.26. The Morgan fingerprint density at radius 3 is 2.77 bits per heavy atom. The van der Waals surface area contributed by atoms with Crippen molar-refractivity contribution < 1.29 is 29.0 Å². The minimum Gasteiger partial charge on any atom is -0.508 e. The number of likely N-dealkylation sites (tertiary alicyclic amines) is 1. The van der Waals surface area contributed by atoms with Crippen LogP contribution in [0.4, 0.5) is 4.79 Å². The number of ether oxygens (including phenoxy) is 2. The van der Waals surface area contributed by atoms with Gasteiger partial charge in [-0.1, -0.05) is 29.4 Å². The molecule has 2 fully saturated rings. The lowest BCUT2D eigenvalue weighted by molar-refractivity contribution is -0.137. The second-order valence-electron chi connectivity index (χ2n) is 8.61. The van der Waals surface area contributed by atoms with E-state index in [0.717, 1.165) is 35.1 Å². The number of methoxy groups -OCH3 is 1. The quantitative estimate of drug-likeness (QED) is 0.584. The van der Waals surface area contributed by atoms with Crippen LogP contribution in [0.2, 0.25) is 0 Å². The lowest BCUT2D eigenvalue weighted by Gasteiger charge is -2.30. The normalized spacial score (nSPS) is 28.1. The molecule has 7 heteroatoms. The Kier molecular flexibility index (Phi) is 5.71. The van der Waals surface area contributed by atoms with E-state index in [4.69, 9.17) is 4.74 Å². The van der Waals surface area contributed by atoms with E-state index in [1.807, 2.05) is 32.1 Å². The number of hydrogen-bond donors (Lipinski definition) is 1. The summed E-state index contributed by atoms with van der Waals surface area (Å²) in [5.74, 6) is -1.95. The topological polar surface area (TPSA) is 93.1 Å². The van der Waals surface area contributed by atoms with Crippen LogP contribution in [0, 0.1) is 17.8 Å². The van der Waals surface area contributed by atoms with Crippen molar-refractivity contribution >= 4 is 24.0 Å². The maximum atomic E-state index is 12.9. The summed E-state index contributed by atoms with van der Waals surface area (Å²) >= 11 is 0. The number of phenols is 1. The summed E-state index contributed by atoms with van der Waals surface area (Å²) in [4.78, 5) is 38.2. The third-order valence-corrected chi connectivity index (χ3v) is 6.59. The van der Waals surface area contributed by atoms with Gasteiger partial charge in [-0.3, -0.25) is 9.59 Å². The number of nitrogens with zero attached hydrogens (tertiary/aromatic N) is 1. The molecule has 7 nitrogen and oxygen atoms in total. The van der Waals surface area contributed by atoms with Crippen LogP contribution in [0.5, 0.6) is 5.75 Å². The zero-order valence-corrected chi connectivity index (χ0v) is 18.0. The van der Waals surface area contributed by atoms with Crippen molar-refractivity contribution in [2.45, 2.75) is 39.2 Å². The van der Waals surface area contributed by atoms with E-state index >= 15 is 0 Å². The van der Waals surface area contributed by atoms with E-state index in [1.165, 1.54) is 7.11 Å². The summed E-state index contributed by atoms with van der Waals surface area (Å²) in [6.45, 7) is 4.41. The molecule has 1 aliphatic carbocycles. The molecule has 0 saturated carbocycles. The van der Waals surface area contributed by atoms with Crippen molar-refractivity contribution in [1.82, 2.24) is 4.90 Å². The van der Waals surface area contributed by atoms with E-state index in [0.29, 0.717) is 17.9 Å². The fourth-order valence-corrected chi connectivity index (χ4v) is 5.23. The maximum absolute atomic E-state index is 12.9. The molecule has 4 rings (SSSR count). The molecule has 31 heavy (non-hydrogen) atoms. The first-order valence-electron chi connectivity index (χ1n) is 10.5. The molecule has 0 spiro atoms. The molecule has 1 N–H and O–H groups in total. The van der Waals surface area contributed by atoms with Crippen molar-refractivity contribution in [3.05, 3.63) is 46.5 Å². The number of imide groups is 3. The zero-order chi connectivity index (χ0) is 22.3. The Balaban J connectivity index is 1.49. The lowest BCUT2D eigenvalue weighted by Crippen LogP contribution is -2.37. The Morgan fingerprint density at radius 1 is 1.29 bits per heavy atom. The van der Waals surface area contributed by atoms with Crippen LogP contribution in [-0.2, 0) is 19.1 Å². The highest BCUT2D eigenvalue weighted by molar-refractivity contribution is 6.16. The Bertz CT molecular complexity index is 994. The van der Waals surface area contributed by atoms with Gasteiger partial charge in [0.05, 0.1) is 31.7 Å². The number of benzene rings is 1. The molecule has 1 aromatic carbocycles. The van der Waals surface area contributed by atoms with Gasteiger partial charge in [-0.2, -0.15) is 4.90 Å². The molecule has 3 aliphatic rings. The lowest BCUT2D eigenvalue weighted by atomic mass is 9.70. The van der Waals surface area contributed by atoms with Crippen molar-refractivity contribution in [2.75, 3.05) is 13.7 Å². The Morgan fingerprint density at radius 2 is 2.06 bits per heavy atom. The minimum absolute atomic E-state index is 0.103. The summed E-state index contributed by atoms with van der Waals surface area (Å²) in [6, 6.07) is 7.11. The zero-order valence-electron chi connectivity index (χ0n) is 18.0. The van der Waals surface area contributed by atoms with Crippen LogP contribution in [0.3, 0.4) is 0 Å². The molecule has 4 atom stereocenters. The number of carbonyl (C=O) groups is 3. The Labute approximate surface area is 181 Å². The van der Waals surface area contributed by atoms with Gasteiger partial charge in [0.15, 0.2) is 0 Å². The van der Waals surface area contributed by atoms with Gasteiger partial charge in [0.25, 0.3) is 0 Å². The van der Waals surface area contributed by atoms with Gasteiger partial charge in [0.1, 0.15) is 5.75 Å². The number of amides is 3. The SMILES string of the molecule is COC(=O)N1C(=O)[C@@H]2[C@@H](CC(C)=C3[C@@H](CC/C(C)=C/c4cccc(O)c4)OC[C@@H]32)C1=O. The van der Waals surface area contributed by atoms with Crippen molar-refractivity contribution in [2.24, 2.45) is 17.8 Å². The summed E-state index contributed by atoms with van der Waals surface area (Å²) < 4.78 is 10.7. The van der Waals surface area contributed by atoms with Gasteiger partial charge in [0.2, 0.25) is 11.8 Å². The number of hydrogen-bond acceptors (Lipinski definition) is 6. The monoisotopic (exact) mass is 425 g/mol. The molecule has 3 amide bonds. The summed E-state index contributed by atoms with van der Waals surface area (Å²) in [5.41, 5.74) is 4.29. The molecule has 1 aromatic rings. The second kappa shape index (κ2) is 8.30. The van der Waals surface area contributed by atoms with Crippen LogP contribution in [-0.4, -0.2) is 47.7 Å². The van der Waals surface area contributed by atoms with Gasteiger partial charge in [-0.25, -0.2) is 4.79 Å². The number of fused-ring (bicyclic) bond motifs is 3. The summed E-state index contributed by atoms with van der Waals surface area (Å²) in [5, 5.41) is 9.63. The van der Waals surface area contributed by atoms with Gasteiger partial charge in [-0.15, -0.1) is 0 Å². The molecule has 164 valence electrons. The fraction of sp³-hybridized carbons (Fsp3) is 0.458. The highest BCUT2D eigenvalue weighted by Gasteiger charge is 2.58. The van der Waals surface area contributed by atoms with E-state index in [1.54, 1.807) is 12.1 Å². The van der Waals surface area contributed by atoms with Crippen LogP contribution in [0.15, 0.2) is 41.0 Å². The van der Waals surface area contributed by atoms with Crippen molar-refractivity contribution in [3.8, 4) is 5.75 Å². The van der Waals surface area contributed by atoms with Gasteiger partial charge >= 0.3 is 6.09 Å². The standard InChI is InChI=1S/C24H27NO6/c1-13(9-15-5-4-6-16(26)11-15)7-8-19-20-14(2)10-17-21(18(20)12-31-19)23(28)25(22(17)27)24(29)30-3/h4-6,9,11,17-19,21,26H,7-8,10,12H2,1-3H3/b13-9+/t17-,18+,19-,21-/m1/s1. The average molecular weight is 425 g/mol.